The molecule has 2 rings (SSSR count). The average molecular weight is 236 g/mol. The van der Waals surface area contributed by atoms with Crippen LogP contribution in [0.3, 0.4) is 0 Å². The lowest BCUT2D eigenvalue weighted by atomic mass is 9.95. The molecule has 0 spiro atoms. The van der Waals surface area contributed by atoms with E-state index in [1.807, 2.05) is 6.07 Å². The second-order valence-electron chi connectivity index (χ2n) is 4.88. The van der Waals surface area contributed by atoms with Crippen molar-refractivity contribution in [3.8, 4) is 0 Å². The van der Waals surface area contributed by atoms with Crippen LogP contribution >= 0.6 is 0 Å². The predicted octanol–water partition coefficient (Wildman–Crippen LogP) is 2.91. The van der Waals surface area contributed by atoms with E-state index in [2.05, 4.69) is 11.8 Å². The standard InChI is InChI=1S/C14H21FN2/c1-2-11-4-3-5-17(10-11)14-7-12(9-16)6-13(15)8-14/h6-8,11H,2-5,9-10,16H2,1H3. The maximum Gasteiger partial charge on any atom is 0.125 e. The van der Waals surface area contributed by atoms with Crippen molar-refractivity contribution in [3.63, 3.8) is 0 Å². The third-order valence-corrected chi connectivity index (χ3v) is 3.64. The number of hydrogen-bond acceptors (Lipinski definition) is 2. The van der Waals surface area contributed by atoms with E-state index < -0.39 is 0 Å². The van der Waals surface area contributed by atoms with E-state index in [1.165, 1.54) is 25.3 Å². The molecule has 1 aliphatic heterocycles. The minimum atomic E-state index is -0.179. The SMILES string of the molecule is CCC1CCCN(c2cc(F)cc(CN)c2)C1. The third kappa shape index (κ3) is 2.97. The lowest BCUT2D eigenvalue weighted by Crippen LogP contribution is -2.35. The number of anilines is 1. The van der Waals surface area contributed by atoms with Crippen LogP contribution in [0, 0.1) is 11.7 Å². The van der Waals surface area contributed by atoms with Gasteiger partial charge in [-0.2, -0.15) is 0 Å². The highest BCUT2D eigenvalue weighted by Crippen LogP contribution is 2.26. The molecule has 3 heteroatoms. The van der Waals surface area contributed by atoms with Crippen LogP contribution in [0.2, 0.25) is 0 Å². The molecule has 2 N–H and O–H groups in total. The summed E-state index contributed by atoms with van der Waals surface area (Å²) in [5, 5.41) is 0. The van der Waals surface area contributed by atoms with Crippen molar-refractivity contribution in [1.82, 2.24) is 0 Å². The summed E-state index contributed by atoms with van der Waals surface area (Å²) in [7, 11) is 0. The van der Waals surface area contributed by atoms with Crippen LogP contribution in [0.1, 0.15) is 31.7 Å². The number of hydrogen-bond donors (Lipinski definition) is 1. The molecule has 0 aromatic heterocycles. The van der Waals surface area contributed by atoms with Crippen molar-refractivity contribution in [1.29, 1.82) is 0 Å². The zero-order valence-corrected chi connectivity index (χ0v) is 10.5. The van der Waals surface area contributed by atoms with Crippen LogP contribution in [0.15, 0.2) is 18.2 Å². The molecule has 94 valence electrons. The number of benzene rings is 1. The van der Waals surface area contributed by atoms with Crippen molar-refractivity contribution in [2.45, 2.75) is 32.7 Å². The Hall–Kier alpha value is -1.09. The highest BCUT2D eigenvalue weighted by atomic mass is 19.1. The van der Waals surface area contributed by atoms with Crippen molar-refractivity contribution < 1.29 is 4.39 Å². The Kier molecular flexibility index (Phi) is 4.00. The number of piperidine rings is 1. The van der Waals surface area contributed by atoms with Gasteiger partial charge in [0.15, 0.2) is 0 Å². The van der Waals surface area contributed by atoms with Gasteiger partial charge < -0.3 is 10.6 Å². The molecule has 1 aliphatic rings. The fourth-order valence-electron chi connectivity index (χ4n) is 2.57. The van der Waals surface area contributed by atoms with Crippen molar-refractivity contribution >= 4 is 5.69 Å². The largest absolute Gasteiger partial charge is 0.371 e. The first kappa shape index (κ1) is 12.4. The van der Waals surface area contributed by atoms with Gasteiger partial charge in [0.25, 0.3) is 0 Å². The molecule has 0 radical (unpaired) electrons. The second-order valence-corrected chi connectivity index (χ2v) is 4.88. The molecule has 0 aliphatic carbocycles. The van der Waals surface area contributed by atoms with Gasteiger partial charge in [-0.3, -0.25) is 0 Å². The normalized spacial score (nSPS) is 20.6. The van der Waals surface area contributed by atoms with Crippen molar-refractivity contribution in [3.05, 3.63) is 29.6 Å². The van der Waals surface area contributed by atoms with Gasteiger partial charge >= 0.3 is 0 Å². The van der Waals surface area contributed by atoms with Crippen LogP contribution in [0.25, 0.3) is 0 Å². The first-order chi connectivity index (χ1) is 8.22. The Morgan fingerprint density at radius 1 is 1.41 bits per heavy atom. The van der Waals surface area contributed by atoms with Gasteiger partial charge in [0, 0.05) is 25.3 Å². The zero-order valence-electron chi connectivity index (χ0n) is 10.5. The Morgan fingerprint density at radius 3 is 2.94 bits per heavy atom. The first-order valence-electron chi connectivity index (χ1n) is 6.47. The highest BCUT2D eigenvalue weighted by Gasteiger charge is 2.19. The van der Waals surface area contributed by atoms with Crippen LogP contribution in [0.5, 0.6) is 0 Å². The van der Waals surface area contributed by atoms with Gasteiger partial charge in [-0.05, 0) is 42.5 Å². The zero-order chi connectivity index (χ0) is 12.3. The van der Waals surface area contributed by atoms with Gasteiger partial charge in [0.1, 0.15) is 5.82 Å². The molecule has 0 amide bonds. The Bertz CT molecular complexity index is 378. The molecule has 1 saturated heterocycles. The number of rotatable bonds is 3. The average Bonchev–Trinajstić information content (AvgIpc) is 2.38. The Balaban J connectivity index is 2.18. The van der Waals surface area contributed by atoms with Crippen molar-refractivity contribution in [2.75, 3.05) is 18.0 Å². The van der Waals surface area contributed by atoms with E-state index in [1.54, 1.807) is 6.07 Å². The molecular weight excluding hydrogens is 215 g/mol. The van der Waals surface area contributed by atoms with E-state index in [0.717, 1.165) is 30.3 Å². The minimum Gasteiger partial charge on any atom is -0.371 e. The summed E-state index contributed by atoms with van der Waals surface area (Å²) in [6, 6.07) is 5.16. The summed E-state index contributed by atoms with van der Waals surface area (Å²) in [6.45, 7) is 4.70. The van der Waals surface area contributed by atoms with Gasteiger partial charge in [-0.1, -0.05) is 13.3 Å². The lowest BCUT2D eigenvalue weighted by molar-refractivity contribution is 0.404. The molecule has 2 nitrogen and oxygen atoms in total. The number of halogens is 1. The van der Waals surface area contributed by atoms with Crippen LogP contribution in [-0.2, 0) is 6.54 Å². The number of nitrogens with zero attached hydrogens (tertiary/aromatic N) is 1. The summed E-state index contributed by atoms with van der Waals surface area (Å²) in [5.41, 5.74) is 7.45. The first-order valence-corrected chi connectivity index (χ1v) is 6.47. The van der Waals surface area contributed by atoms with Crippen LogP contribution in [0.4, 0.5) is 10.1 Å². The monoisotopic (exact) mass is 236 g/mol. The molecule has 0 saturated carbocycles. The highest BCUT2D eigenvalue weighted by molar-refractivity contribution is 5.49. The molecule has 1 unspecified atom stereocenters. The molecule has 17 heavy (non-hydrogen) atoms. The molecule has 1 atom stereocenters. The predicted molar refractivity (Wildman–Crippen MR) is 69.5 cm³/mol. The van der Waals surface area contributed by atoms with E-state index in [-0.39, 0.29) is 5.82 Å². The smallest absolute Gasteiger partial charge is 0.125 e. The van der Waals surface area contributed by atoms with Gasteiger partial charge in [0.05, 0.1) is 0 Å². The number of nitrogens with two attached hydrogens (primary N) is 1. The summed E-state index contributed by atoms with van der Waals surface area (Å²) in [4.78, 5) is 2.29. The van der Waals surface area contributed by atoms with E-state index in [0.29, 0.717) is 6.54 Å². The molecular formula is C14H21FN2. The fraction of sp³-hybridized carbons (Fsp3) is 0.571. The maximum absolute atomic E-state index is 13.5. The molecule has 1 aromatic rings. The van der Waals surface area contributed by atoms with Gasteiger partial charge in [-0.25, -0.2) is 4.39 Å². The third-order valence-electron chi connectivity index (χ3n) is 3.64. The Morgan fingerprint density at radius 2 is 2.24 bits per heavy atom. The van der Waals surface area contributed by atoms with Gasteiger partial charge in [0.2, 0.25) is 0 Å². The quantitative estimate of drug-likeness (QED) is 0.874. The molecule has 0 bridgehead atoms. The lowest BCUT2D eigenvalue weighted by Gasteiger charge is -2.34. The van der Waals surface area contributed by atoms with Crippen LogP contribution in [-0.4, -0.2) is 13.1 Å². The van der Waals surface area contributed by atoms with Crippen molar-refractivity contribution in [2.24, 2.45) is 11.7 Å². The van der Waals surface area contributed by atoms with Gasteiger partial charge in [-0.15, -0.1) is 0 Å². The molecule has 1 aromatic carbocycles. The fourth-order valence-corrected chi connectivity index (χ4v) is 2.57. The summed E-state index contributed by atoms with van der Waals surface area (Å²) < 4.78 is 13.5. The summed E-state index contributed by atoms with van der Waals surface area (Å²) in [6.07, 6.45) is 3.70. The second kappa shape index (κ2) is 5.50. The maximum atomic E-state index is 13.5. The summed E-state index contributed by atoms with van der Waals surface area (Å²) >= 11 is 0. The van der Waals surface area contributed by atoms with Crippen LogP contribution < -0.4 is 10.6 Å². The van der Waals surface area contributed by atoms with E-state index in [4.69, 9.17) is 5.73 Å². The molecule has 1 heterocycles. The summed E-state index contributed by atoms with van der Waals surface area (Å²) in [5.74, 6) is 0.565. The van der Waals surface area contributed by atoms with E-state index in [9.17, 15) is 4.39 Å². The minimum absolute atomic E-state index is 0.179. The Labute approximate surface area is 103 Å². The topological polar surface area (TPSA) is 29.3 Å². The molecule has 1 fully saturated rings. The van der Waals surface area contributed by atoms with E-state index >= 15 is 0 Å².